The summed E-state index contributed by atoms with van der Waals surface area (Å²) in [5.74, 6) is -5.80. The summed E-state index contributed by atoms with van der Waals surface area (Å²) < 4.78 is 37.9. The van der Waals surface area contributed by atoms with E-state index in [1.54, 1.807) is 27.7 Å². The fourth-order valence-electron chi connectivity index (χ4n) is 2.88. The van der Waals surface area contributed by atoms with Crippen molar-refractivity contribution in [3.8, 4) is 0 Å². The first kappa shape index (κ1) is 21.8. The summed E-state index contributed by atoms with van der Waals surface area (Å²) in [6, 6.07) is 0. The summed E-state index contributed by atoms with van der Waals surface area (Å²) in [5, 5.41) is 0. The largest absolute Gasteiger partial charge is 0.460 e. The number of carbonyl (C=O) groups is 4. The molecule has 0 spiro atoms. The Balaban J connectivity index is 2.09. The minimum atomic E-state index is -1.42. The number of ether oxygens (including phenoxy) is 5. The molecule has 5 unspecified atom stereocenters. The number of esters is 4. The Morgan fingerprint density at radius 2 is 1.89 bits per heavy atom. The molecule has 0 aromatic rings. The highest BCUT2D eigenvalue weighted by Crippen LogP contribution is 2.42. The van der Waals surface area contributed by atoms with Gasteiger partial charge in [-0.1, -0.05) is 6.58 Å². The van der Waals surface area contributed by atoms with Gasteiger partial charge in [-0.15, -0.1) is 0 Å². The molecule has 2 heterocycles. The number of fused-ring (bicyclic) bond motifs is 1. The molecule has 10 heteroatoms. The molecule has 0 amide bonds. The SMILES string of the molecule is C=C(CF)C(=O)OCC(=O)OC1OC2C(C)OC(=O)C2C1C(=O)OC(C)(C)C. The van der Waals surface area contributed by atoms with E-state index in [1.165, 1.54) is 0 Å². The molecule has 0 saturated carbocycles. The lowest BCUT2D eigenvalue weighted by Crippen LogP contribution is -2.39. The number of cyclic esters (lactones) is 1. The Morgan fingerprint density at radius 3 is 2.46 bits per heavy atom. The smallest absolute Gasteiger partial charge is 0.346 e. The molecule has 0 aromatic heterocycles. The van der Waals surface area contributed by atoms with Crippen LogP contribution >= 0.6 is 0 Å². The monoisotopic (exact) mass is 402 g/mol. The minimum absolute atomic E-state index is 0.456. The predicted octanol–water partition coefficient (Wildman–Crippen LogP) is 0.843. The molecule has 0 aliphatic carbocycles. The molecule has 9 nitrogen and oxygen atoms in total. The summed E-state index contributed by atoms with van der Waals surface area (Å²) in [5.41, 5.74) is -1.30. The number of alkyl halides is 1. The van der Waals surface area contributed by atoms with Gasteiger partial charge in [0.15, 0.2) is 6.61 Å². The van der Waals surface area contributed by atoms with Crippen LogP contribution in [-0.4, -0.2) is 61.3 Å². The van der Waals surface area contributed by atoms with E-state index in [0.717, 1.165) is 0 Å². The summed E-state index contributed by atoms with van der Waals surface area (Å²) >= 11 is 0. The quantitative estimate of drug-likeness (QED) is 0.362. The molecule has 0 aromatic carbocycles. The van der Waals surface area contributed by atoms with Crippen molar-refractivity contribution in [3.05, 3.63) is 12.2 Å². The number of hydrogen-bond acceptors (Lipinski definition) is 9. The maximum atomic E-state index is 12.6. The zero-order chi connectivity index (χ0) is 21.2. The standard InChI is InChI=1S/C18H23FO9/c1-8(6-19)14(21)24-7-10(20)26-17-12(16(23)28-18(3,4)5)11-13(27-17)9(2)25-15(11)22/h9,11-13,17H,1,6-7H2,2-5H3. The van der Waals surface area contributed by atoms with Crippen LogP contribution in [-0.2, 0) is 42.9 Å². The summed E-state index contributed by atoms with van der Waals surface area (Å²) in [7, 11) is 0. The summed E-state index contributed by atoms with van der Waals surface area (Å²) in [6.45, 7) is 7.70. The van der Waals surface area contributed by atoms with Gasteiger partial charge in [0.2, 0.25) is 6.29 Å². The van der Waals surface area contributed by atoms with Gasteiger partial charge in [-0.2, -0.15) is 0 Å². The van der Waals surface area contributed by atoms with Gasteiger partial charge in [-0.05, 0) is 27.7 Å². The van der Waals surface area contributed by atoms with Crippen LogP contribution in [0.15, 0.2) is 12.2 Å². The molecule has 2 fully saturated rings. The molecular formula is C18H23FO9. The fourth-order valence-corrected chi connectivity index (χ4v) is 2.88. The lowest BCUT2D eigenvalue weighted by Gasteiger charge is -2.25. The highest BCUT2D eigenvalue weighted by Gasteiger charge is 2.61. The van der Waals surface area contributed by atoms with Crippen LogP contribution in [0.3, 0.4) is 0 Å². The van der Waals surface area contributed by atoms with E-state index in [-0.39, 0.29) is 0 Å². The van der Waals surface area contributed by atoms with E-state index >= 15 is 0 Å². The molecule has 0 bridgehead atoms. The number of hydrogen-bond donors (Lipinski definition) is 0. The third-order valence-corrected chi connectivity index (χ3v) is 4.06. The molecule has 2 rings (SSSR count). The highest BCUT2D eigenvalue weighted by atomic mass is 19.1. The normalized spacial score (nSPS) is 28.9. The van der Waals surface area contributed by atoms with Crippen molar-refractivity contribution < 1.29 is 47.3 Å². The van der Waals surface area contributed by atoms with Gasteiger partial charge < -0.3 is 23.7 Å². The zero-order valence-electron chi connectivity index (χ0n) is 16.1. The topological polar surface area (TPSA) is 114 Å². The lowest BCUT2D eigenvalue weighted by molar-refractivity contribution is -0.201. The third kappa shape index (κ3) is 4.86. The van der Waals surface area contributed by atoms with Crippen molar-refractivity contribution in [2.24, 2.45) is 11.8 Å². The molecule has 2 aliphatic rings. The Labute approximate surface area is 161 Å². The van der Waals surface area contributed by atoms with Crippen LogP contribution in [0.5, 0.6) is 0 Å². The highest BCUT2D eigenvalue weighted by molar-refractivity contribution is 5.89. The minimum Gasteiger partial charge on any atom is -0.460 e. The van der Waals surface area contributed by atoms with E-state index in [1.807, 2.05) is 0 Å². The van der Waals surface area contributed by atoms with E-state index in [4.69, 9.17) is 18.9 Å². The fraction of sp³-hybridized carbons (Fsp3) is 0.667. The van der Waals surface area contributed by atoms with Crippen LogP contribution in [0.1, 0.15) is 27.7 Å². The van der Waals surface area contributed by atoms with Crippen LogP contribution in [0.2, 0.25) is 0 Å². The Bertz CT molecular complexity index is 681. The average Bonchev–Trinajstić information content (AvgIpc) is 3.08. The van der Waals surface area contributed by atoms with E-state index in [0.29, 0.717) is 0 Å². The van der Waals surface area contributed by atoms with Crippen molar-refractivity contribution in [1.82, 2.24) is 0 Å². The first-order chi connectivity index (χ1) is 12.9. The van der Waals surface area contributed by atoms with Gasteiger partial charge in [-0.25, -0.2) is 14.0 Å². The Hall–Kier alpha value is -2.49. The molecule has 156 valence electrons. The maximum Gasteiger partial charge on any atom is 0.346 e. The van der Waals surface area contributed by atoms with Gasteiger partial charge >= 0.3 is 23.9 Å². The second-order valence-corrected chi connectivity index (χ2v) is 7.50. The molecule has 2 aliphatic heterocycles. The number of halogens is 1. The van der Waals surface area contributed by atoms with Crippen LogP contribution < -0.4 is 0 Å². The van der Waals surface area contributed by atoms with Gasteiger partial charge in [-0.3, -0.25) is 9.59 Å². The third-order valence-electron chi connectivity index (χ3n) is 4.06. The van der Waals surface area contributed by atoms with Crippen molar-refractivity contribution in [3.63, 3.8) is 0 Å². The van der Waals surface area contributed by atoms with Gasteiger partial charge in [0.1, 0.15) is 36.3 Å². The van der Waals surface area contributed by atoms with Gasteiger partial charge in [0.05, 0.1) is 5.57 Å². The van der Waals surface area contributed by atoms with Gasteiger partial charge in [0, 0.05) is 0 Å². The number of carbonyl (C=O) groups excluding carboxylic acids is 4. The molecule has 5 atom stereocenters. The van der Waals surface area contributed by atoms with Crippen molar-refractivity contribution in [1.29, 1.82) is 0 Å². The van der Waals surface area contributed by atoms with Crippen molar-refractivity contribution in [2.45, 2.75) is 51.8 Å². The van der Waals surface area contributed by atoms with E-state index < -0.39 is 78.7 Å². The van der Waals surface area contributed by atoms with Crippen molar-refractivity contribution in [2.75, 3.05) is 13.3 Å². The molecule has 0 N–H and O–H groups in total. The summed E-state index contributed by atoms with van der Waals surface area (Å²) in [6.07, 6.45) is -2.86. The van der Waals surface area contributed by atoms with Crippen LogP contribution in [0, 0.1) is 11.8 Å². The second-order valence-electron chi connectivity index (χ2n) is 7.50. The predicted molar refractivity (Wildman–Crippen MR) is 89.2 cm³/mol. The Morgan fingerprint density at radius 1 is 1.25 bits per heavy atom. The van der Waals surface area contributed by atoms with Crippen LogP contribution in [0.25, 0.3) is 0 Å². The molecular weight excluding hydrogens is 379 g/mol. The molecule has 28 heavy (non-hydrogen) atoms. The van der Waals surface area contributed by atoms with Crippen molar-refractivity contribution >= 4 is 23.9 Å². The molecule has 0 radical (unpaired) electrons. The average molecular weight is 402 g/mol. The number of rotatable bonds is 6. The second kappa shape index (κ2) is 8.26. The lowest BCUT2D eigenvalue weighted by atomic mass is 9.90. The zero-order valence-corrected chi connectivity index (χ0v) is 16.1. The van der Waals surface area contributed by atoms with Crippen LogP contribution in [0.4, 0.5) is 4.39 Å². The van der Waals surface area contributed by atoms with Gasteiger partial charge in [0.25, 0.3) is 0 Å². The van der Waals surface area contributed by atoms with E-state index in [2.05, 4.69) is 11.3 Å². The maximum absolute atomic E-state index is 12.6. The summed E-state index contributed by atoms with van der Waals surface area (Å²) in [4.78, 5) is 48.1. The Kier molecular flexibility index (Phi) is 6.43. The molecule has 2 saturated heterocycles. The first-order valence-electron chi connectivity index (χ1n) is 8.63. The first-order valence-corrected chi connectivity index (χ1v) is 8.63. The van der Waals surface area contributed by atoms with E-state index in [9.17, 15) is 23.6 Å².